The second-order valence-electron chi connectivity index (χ2n) is 2.66. The van der Waals surface area contributed by atoms with Gasteiger partial charge in [0.15, 0.2) is 6.10 Å². The van der Waals surface area contributed by atoms with Gasteiger partial charge >= 0.3 is 5.97 Å². The third-order valence-electron chi connectivity index (χ3n) is 1.81. The van der Waals surface area contributed by atoms with E-state index in [9.17, 15) is 13.6 Å². The van der Waals surface area contributed by atoms with Crippen molar-refractivity contribution in [1.29, 1.82) is 0 Å². The van der Waals surface area contributed by atoms with E-state index < -0.39 is 30.5 Å². The zero-order chi connectivity index (χ0) is 10.6. The van der Waals surface area contributed by atoms with Crippen molar-refractivity contribution in [2.45, 2.75) is 31.4 Å². The van der Waals surface area contributed by atoms with Crippen molar-refractivity contribution >= 4 is 5.97 Å². The number of hydrogen-bond donors (Lipinski definition) is 3. The standard InChI is InChI=1S/C7H13F2NO3/c1-3-7(8,9)5(10-2)4(11)6(12)13/h4-5,10-11H,3H2,1-2H3,(H,12,13). The molecule has 6 heteroatoms. The van der Waals surface area contributed by atoms with E-state index in [1.165, 1.54) is 14.0 Å². The average Bonchev–Trinajstić information content (AvgIpc) is 2.05. The molecule has 0 aliphatic heterocycles. The summed E-state index contributed by atoms with van der Waals surface area (Å²) in [5.41, 5.74) is 0. The zero-order valence-electron chi connectivity index (χ0n) is 7.42. The highest BCUT2D eigenvalue weighted by Crippen LogP contribution is 2.24. The van der Waals surface area contributed by atoms with Crippen LogP contribution >= 0.6 is 0 Å². The lowest BCUT2D eigenvalue weighted by Crippen LogP contribution is -2.53. The number of carboxylic acids is 1. The second-order valence-corrected chi connectivity index (χ2v) is 2.66. The molecule has 3 N–H and O–H groups in total. The first-order chi connectivity index (χ1) is 5.86. The maximum atomic E-state index is 12.9. The van der Waals surface area contributed by atoms with Gasteiger partial charge in [0.05, 0.1) is 0 Å². The number of alkyl halides is 2. The summed E-state index contributed by atoms with van der Waals surface area (Å²) >= 11 is 0. The minimum Gasteiger partial charge on any atom is -0.479 e. The summed E-state index contributed by atoms with van der Waals surface area (Å²) in [7, 11) is 1.18. The van der Waals surface area contributed by atoms with Gasteiger partial charge < -0.3 is 15.5 Å². The maximum absolute atomic E-state index is 12.9. The summed E-state index contributed by atoms with van der Waals surface area (Å²) < 4.78 is 25.9. The number of carbonyl (C=O) groups is 1. The number of halogens is 2. The van der Waals surface area contributed by atoms with Crippen LogP contribution in [-0.2, 0) is 4.79 Å². The van der Waals surface area contributed by atoms with Gasteiger partial charge in [-0.25, -0.2) is 13.6 Å². The number of aliphatic hydroxyl groups is 1. The first-order valence-electron chi connectivity index (χ1n) is 3.82. The maximum Gasteiger partial charge on any atom is 0.334 e. The van der Waals surface area contributed by atoms with Crippen LogP contribution < -0.4 is 5.32 Å². The molecule has 0 aliphatic carbocycles. The second kappa shape index (κ2) is 4.48. The molecule has 78 valence electrons. The van der Waals surface area contributed by atoms with Gasteiger partial charge in [-0.05, 0) is 7.05 Å². The molecule has 0 spiro atoms. The van der Waals surface area contributed by atoms with Gasteiger partial charge in [-0.2, -0.15) is 0 Å². The molecule has 2 atom stereocenters. The molecule has 0 radical (unpaired) electrons. The number of aliphatic carboxylic acids is 1. The van der Waals surface area contributed by atoms with E-state index in [1.54, 1.807) is 0 Å². The SMILES string of the molecule is CCC(F)(F)C(NC)C(O)C(=O)O. The smallest absolute Gasteiger partial charge is 0.334 e. The fraction of sp³-hybridized carbons (Fsp3) is 0.857. The lowest BCUT2D eigenvalue weighted by atomic mass is 10.0. The summed E-state index contributed by atoms with van der Waals surface area (Å²) in [6, 6.07) is -1.75. The lowest BCUT2D eigenvalue weighted by molar-refractivity contribution is -0.156. The minimum absolute atomic E-state index is 0.525. The van der Waals surface area contributed by atoms with Crippen molar-refractivity contribution in [3.05, 3.63) is 0 Å². The Morgan fingerprint density at radius 3 is 2.31 bits per heavy atom. The Morgan fingerprint density at radius 1 is 1.62 bits per heavy atom. The monoisotopic (exact) mass is 197 g/mol. The highest BCUT2D eigenvalue weighted by molar-refractivity contribution is 5.73. The van der Waals surface area contributed by atoms with Gasteiger partial charge in [0.2, 0.25) is 0 Å². The number of rotatable bonds is 5. The van der Waals surface area contributed by atoms with Crippen molar-refractivity contribution in [3.8, 4) is 0 Å². The molecule has 0 bridgehead atoms. The van der Waals surface area contributed by atoms with Crippen LogP contribution in [0, 0.1) is 0 Å². The molecule has 0 aromatic rings. The fourth-order valence-corrected chi connectivity index (χ4v) is 0.962. The van der Waals surface area contributed by atoms with Crippen LogP contribution in [-0.4, -0.2) is 41.3 Å². The Balaban J connectivity index is 4.59. The molecular formula is C7H13F2NO3. The normalized spacial score (nSPS) is 16.7. The molecule has 2 unspecified atom stereocenters. The largest absolute Gasteiger partial charge is 0.479 e. The zero-order valence-corrected chi connectivity index (χ0v) is 7.42. The number of likely N-dealkylation sites (N-methyl/N-ethyl adjacent to an activating group) is 1. The van der Waals surface area contributed by atoms with E-state index in [2.05, 4.69) is 5.32 Å². The summed E-state index contributed by atoms with van der Waals surface area (Å²) in [6.07, 6.45) is -2.62. The Bertz CT molecular complexity index is 187. The number of nitrogens with one attached hydrogen (secondary N) is 1. The van der Waals surface area contributed by atoms with E-state index in [0.717, 1.165) is 0 Å². The van der Waals surface area contributed by atoms with E-state index in [0.29, 0.717) is 0 Å². The Kier molecular flexibility index (Phi) is 4.22. The van der Waals surface area contributed by atoms with Crippen molar-refractivity contribution in [2.75, 3.05) is 7.05 Å². The molecule has 0 saturated carbocycles. The van der Waals surface area contributed by atoms with Crippen LogP contribution in [0.5, 0.6) is 0 Å². The van der Waals surface area contributed by atoms with Gasteiger partial charge in [-0.1, -0.05) is 6.92 Å². The third kappa shape index (κ3) is 2.89. The minimum atomic E-state index is -3.23. The average molecular weight is 197 g/mol. The van der Waals surface area contributed by atoms with E-state index in [4.69, 9.17) is 10.2 Å². The van der Waals surface area contributed by atoms with E-state index >= 15 is 0 Å². The van der Waals surface area contributed by atoms with E-state index in [-0.39, 0.29) is 0 Å². The Labute approximate surface area is 74.6 Å². The summed E-state index contributed by atoms with van der Waals surface area (Å²) in [6.45, 7) is 1.22. The predicted molar refractivity (Wildman–Crippen MR) is 41.7 cm³/mol. The summed E-state index contributed by atoms with van der Waals surface area (Å²) in [5.74, 6) is -4.89. The van der Waals surface area contributed by atoms with Gasteiger partial charge in [-0.3, -0.25) is 0 Å². The lowest BCUT2D eigenvalue weighted by Gasteiger charge is -2.27. The van der Waals surface area contributed by atoms with Crippen LogP contribution in [0.15, 0.2) is 0 Å². The van der Waals surface area contributed by atoms with Crippen LogP contribution in [0.1, 0.15) is 13.3 Å². The van der Waals surface area contributed by atoms with Gasteiger partial charge in [0.25, 0.3) is 5.92 Å². The molecule has 0 rings (SSSR count). The molecule has 0 amide bonds. The molecule has 0 aliphatic rings. The first kappa shape index (κ1) is 12.2. The van der Waals surface area contributed by atoms with Crippen molar-refractivity contribution in [2.24, 2.45) is 0 Å². The van der Waals surface area contributed by atoms with Crippen molar-refractivity contribution in [1.82, 2.24) is 5.32 Å². The molecule has 4 nitrogen and oxygen atoms in total. The highest BCUT2D eigenvalue weighted by Gasteiger charge is 2.44. The number of aliphatic hydroxyl groups excluding tert-OH is 1. The molecule has 0 saturated heterocycles. The van der Waals surface area contributed by atoms with Crippen LogP contribution in [0.2, 0.25) is 0 Å². The van der Waals surface area contributed by atoms with Gasteiger partial charge in [-0.15, -0.1) is 0 Å². The molecule has 0 aromatic carbocycles. The predicted octanol–water partition coefficient (Wildman–Crippen LogP) is 0.0652. The number of carboxylic acid groups (broad SMARTS) is 1. The highest BCUT2D eigenvalue weighted by atomic mass is 19.3. The van der Waals surface area contributed by atoms with Crippen LogP contribution in [0.25, 0.3) is 0 Å². The van der Waals surface area contributed by atoms with Crippen molar-refractivity contribution < 1.29 is 23.8 Å². The third-order valence-corrected chi connectivity index (χ3v) is 1.81. The first-order valence-corrected chi connectivity index (χ1v) is 3.82. The van der Waals surface area contributed by atoms with Crippen LogP contribution in [0.4, 0.5) is 8.78 Å². The Hall–Kier alpha value is -0.750. The topological polar surface area (TPSA) is 69.6 Å². The number of hydrogen-bond acceptors (Lipinski definition) is 3. The molecule has 0 fully saturated rings. The van der Waals surface area contributed by atoms with Gasteiger partial charge in [0, 0.05) is 6.42 Å². The molecule has 13 heavy (non-hydrogen) atoms. The summed E-state index contributed by atoms with van der Waals surface area (Å²) in [5, 5.41) is 19.3. The molecule has 0 heterocycles. The molecule has 0 aromatic heterocycles. The van der Waals surface area contributed by atoms with Gasteiger partial charge in [0.1, 0.15) is 6.04 Å². The van der Waals surface area contributed by atoms with Crippen molar-refractivity contribution in [3.63, 3.8) is 0 Å². The Morgan fingerprint density at radius 2 is 2.08 bits per heavy atom. The van der Waals surface area contributed by atoms with E-state index in [1.807, 2.05) is 0 Å². The van der Waals surface area contributed by atoms with Crippen LogP contribution in [0.3, 0.4) is 0 Å². The molecular weight excluding hydrogens is 184 g/mol. The fourth-order valence-electron chi connectivity index (χ4n) is 0.962. The quantitative estimate of drug-likeness (QED) is 0.583. The summed E-state index contributed by atoms with van der Waals surface area (Å²) in [4.78, 5) is 10.2.